The first kappa shape index (κ1) is 17.1. The number of pyridine rings is 1. The van der Waals surface area contributed by atoms with E-state index in [4.69, 9.17) is 0 Å². The van der Waals surface area contributed by atoms with Gasteiger partial charge in [-0.2, -0.15) is 0 Å². The number of carbonyl (C=O) groups is 1. The van der Waals surface area contributed by atoms with Crippen LogP contribution in [0.25, 0.3) is 17.1 Å². The van der Waals surface area contributed by atoms with Crippen molar-refractivity contribution in [3.05, 3.63) is 65.1 Å². The second kappa shape index (κ2) is 7.14. The standard InChI is InChI=1S/C19H18FN5O2/c20-15-3-1-2-14(10-15)18-23-24(12-17(26)22-11-13-4-5-13)19(27)25(18)16-6-8-21-9-7-16/h1-3,6-10,13H,4-5,11-12H2,(H,22,26). The van der Waals surface area contributed by atoms with Crippen LogP contribution in [-0.2, 0) is 11.3 Å². The second-order valence-corrected chi connectivity index (χ2v) is 6.56. The Bertz CT molecular complexity index is 1020. The summed E-state index contributed by atoms with van der Waals surface area (Å²) in [6.45, 7) is 0.432. The average Bonchev–Trinajstić information content (AvgIpc) is 3.45. The predicted octanol–water partition coefficient (Wildman–Crippen LogP) is 1.76. The van der Waals surface area contributed by atoms with Gasteiger partial charge in [-0.25, -0.2) is 18.4 Å². The first-order chi connectivity index (χ1) is 13.1. The molecule has 0 atom stereocenters. The van der Waals surface area contributed by atoms with E-state index in [0.717, 1.165) is 17.5 Å². The SMILES string of the molecule is O=C(Cn1nc(-c2cccc(F)c2)n(-c2ccncc2)c1=O)NCC1CC1. The number of rotatable bonds is 6. The molecule has 0 spiro atoms. The van der Waals surface area contributed by atoms with E-state index in [-0.39, 0.29) is 18.3 Å². The molecule has 0 radical (unpaired) electrons. The highest BCUT2D eigenvalue weighted by molar-refractivity contribution is 5.75. The van der Waals surface area contributed by atoms with Gasteiger partial charge in [0.15, 0.2) is 5.82 Å². The van der Waals surface area contributed by atoms with Gasteiger partial charge >= 0.3 is 5.69 Å². The molecule has 2 heterocycles. The Morgan fingerprint density at radius 3 is 2.70 bits per heavy atom. The number of benzene rings is 1. The van der Waals surface area contributed by atoms with Crippen molar-refractivity contribution in [2.45, 2.75) is 19.4 Å². The molecule has 1 aliphatic rings. The van der Waals surface area contributed by atoms with Gasteiger partial charge in [0.05, 0.1) is 5.69 Å². The molecule has 0 saturated heterocycles. The van der Waals surface area contributed by atoms with Crippen molar-refractivity contribution in [1.29, 1.82) is 0 Å². The molecule has 3 aromatic rings. The van der Waals surface area contributed by atoms with E-state index in [1.165, 1.54) is 16.7 Å². The van der Waals surface area contributed by atoms with Gasteiger partial charge in [0.1, 0.15) is 12.4 Å². The zero-order valence-corrected chi connectivity index (χ0v) is 14.5. The van der Waals surface area contributed by atoms with E-state index in [9.17, 15) is 14.0 Å². The van der Waals surface area contributed by atoms with Crippen LogP contribution in [0, 0.1) is 11.7 Å². The van der Waals surface area contributed by atoms with Crippen LogP contribution in [0.5, 0.6) is 0 Å². The Hall–Kier alpha value is -3.29. The zero-order chi connectivity index (χ0) is 18.8. The van der Waals surface area contributed by atoms with Crippen LogP contribution in [0.2, 0.25) is 0 Å². The summed E-state index contributed by atoms with van der Waals surface area (Å²) in [5.74, 6) is 0.107. The number of halogens is 1. The van der Waals surface area contributed by atoms with Gasteiger partial charge in [-0.15, -0.1) is 5.10 Å². The molecule has 4 rings (SSSR count). The van der Waals surface area contributed by atoms with Gasteiger partial charge < -0.3 is 5.32 Å². The van der Waals surface area contributed by atoms with Gasteiger partial charge in [0.25, 0.3) is 0 Å². The summed E-state index contributed by atoms with van der Waals surface area (Å²) < 4.78 is 16.1. The summed E-state index contributed by atoms with van der Waals surface area (Å²) in [7, 11) is 0. The molecular formula is C19H18FN5O2. The quantitative estimate of drug-likeness (QED) is 0.720. The second-order valence-electron chi connectivity index (χ2n) is 6.56. The third kappa shape index (κ3) is 3.79. The Morgan fingerprint density at radius 2 is 2.00 bits per heavy atom. The van der Waals surface area contributed by atoms with Crippen molar-refractivity contribution in [2.24, 2.45) is 5.92 Å². The van der Waals surface area contributed by atoms with E-state index < -0.39 is 11.5 Å². The predicted molar refractivity (Wildman–Crippen MR) is 96.7 cm³/mol. The molecule has 0 aliphatic heterocycles. The first-order valence-corrected chi connectivity index (χ1v) is 8.75. The van der Waals surface area contributed by atoms with Crippen LogP contribution in [0.15, 0.2) is 53.6 Å². The molecule has 1 amide bonds. The summed E-state index contributed by atoms with van der Waals surface area (Å²) in [5, 5.41) is 7.12. The number of aromatic nitrogens is 4. The molecule has 138 valence electrons. The molecule has 8 heteroatoms. The maximum Gasteiger partial charge on any atom is 0.351 e. The Morgan fingerprint density at radius 1 is 1.22 bits per heavy atom. The molecule has 7 nitrogen and oxygen atoms in total. The summed E-state index contributed by atoms with van der Waals surface area (Å²) in [5.41, 5.74) is 0.516. The van der Waals surface area contributed by atoms with Crippen LogP contribution >= 0.6 is 0 Å². The Labute approximate surface area is 154 Å². The minimum Gasteiger partial charge on any atom is -0.354 e. The largest absolute Gasteiger partial charge is 0.354 e. The molecule has 1 saturated carbocycles. The molecule has 0 unspecified atom stereocenters. The first-order valence-electron chi connectivity index (χ1n) is 8.75. The maximum atomic E-state index is 13.7. The van der Waals surface area contributed by atoms with E-state index in [1.807, 2.05) is 0 Å². The Balaban J connectivity index is 1.72. The third-order valence-electron chi connectivity index (χ3n) is 4.42. The molecule has 1 fully saturated rings. The molecule has 27 heavy (non-hydrogen) atoms. The molecule has 1 aliphatic carbocycles. The molecule has 2 aromatic heterocycles. The summed E-state index contributed by atoms with van der Waals surface area (Å²) in [6.07, 6.45) is 5.36. The highest BCUT2D eigenvalue weighted by atomic mass is 19.1. The van der Waals surface area contributed by atoms with Crippen molar-refractivity contribution in [2.75, 3.05) is 6.54 Å². The van der Waals surface area contributed by atoms with E-state index >= 15 is 0 Å². The van der Waals surface area contributed by atoms with E-state index in [2.05, 4.69) is 15.4 Å². The van der Waals surface area contributed by atoms with Crippen molar-refractivity contribution >= 4 is 5.91 Å². The van der Waals surface area contributed by atoms with Crippen LogP contribution < -0.4 is 11.0 Å². The van der Waals surface area contributed by atoms with Gasteiger partial charge in [0, 0.05) is 24.5 Å². The number of nitrogens with one attached hydrogen (secondary N) is 1. The van der Waals surface area contributed by atoms with Crippen LogP contribution in [0.3, 0.4) is 0 Å². The molecule has 1 N–H and O–H groups in total. The topological polar surface area (TPSA) is 81.8 Å². The van der Waals surface area contributed by atoms with Crippen molar-refractivity contribution < 1.29 is 9.18 Å². The third-order valence-corrected chi connectivity index (χ3v) is 4.42. The van der Waals surface area contributed by atoms with Crippen molar-refractivity contribution in [3.8, 4) is 17.1 Å². The van der Waals surface area contributed by atoms with Gasteiger partial charge in [-0.05, 0) is 43.0 Å². The lowest BCUT2D eigenvalue weighted by molar-refractivity contribution is -0.121. The summed E-state index contributed by atoms with van der Waals surface area (Å²) in [4.78, 5) is 29.0. The fraction of sp³-hybridized carbons (Fsp3) is 0.263. The fourth-order valence-electron chi connectivity index (χ4n) is 2.82. The van der Waals surface area contributed by atoms with Gasteiger partial charge in [-0.1, -0.05) is 12.1 Å². The lowest BCUT2D eigenvalue weighted by Gasteiger charge is -2.05. The fourth-order valence-corrected chi connectivity index (χ4v) is 2.82. The smallest absolute Gasteiger partial charge is 0.351 e. The van der Waals surface area contributed by atoms with E-state index in [0.29, 0.717) is 23.7 Å². The lowest BCUT2D eigenvalue weighted by atomic mass is 10.2. The zero-order valence-electron chi connectivity index (χ0n) is 14.5. The Kier molecular flexibility index (Phi) is 4.53. The van der Waals surface area contributed by atoms with E-state index in [1.54, 1.807) is 36.7 Å². The highest BCUT2D eigenvalue weighted by Crippen LogP contribution is 2.27. The number of amides is 1. The number of nitrogens with zero attached hydrogens (tertiary/aromatic N) is 4. The minimum atomic E-state index is -0.470. The summed E-state index contributed by atoms with van der Waals surface area (Å²) >= 11 is 0. The average molecular weight is 367 g/mol. The van der Waals surface area contributed by atoms with Crippen LogP contribution in [0.4, 0.5) is 4.39 Å². The number of hydrogen-bond acceptors (Lipinski definition) is 4. The lowest BCUT2D eigenvalue weighted by Crippen LogP contribution is -2.34. The highest BCUT2D eigenvalue weighted by Gasteiger charge is 2.23. The number of carbonyl (C=O) groups excluding carboxylic acids is 1. The molecule has 0 bridgehead atoms. The van der Waals surface area contributed by atoms with Crippen LogP contribution in [-0.4, -0.2) is 31.8 Å². The molecular weight excluding hydrogens is 349 g/mol. The minimum absolute atomic E-state index is 0.189. The maximum absolute atomic E-state index is 13.7. The normalized spacial score (nSPS) is 13.5. The van der Waals surface area contributed by atoms with Gasteiger partial charge in [0.2, 0.25) is 5.91 Å². The van der Waals surface area contributed by atoms with Crippen molar-refractivity contribution in [3.63, 3.8) is 0 Å². The molecule has 1 aromatic carbocycles. The van der Waals surface area contributed by atoms with Crippen molar-refractivity contribution in [1.82, 2.24) is 24.6 Å². The van der Waals surface area contributed by atoms with Gasteiger partial charge in [-0.3, -0.25) is 9.78 Å². The monoisotopic (exact) mass is 367 g/mol. The summed E-state index contributed by atoms with van der Waals surface area (Å²) in [6, 6.07) is 9.15. The van der Waals surface area contributed by atoms with Crippen LogP contribution in [0.1, 0.15) is 12.8 Å². The number of hydrogen-bond donors (Lipinski definition) is 1.